The molecule has 0 rings (SSSR count). The second-order valence-corrected chi connectivity index (χ2v) is 4.23. The van der Waals surface area contributed by atoms with Crippen molar-refractivity contribution in [2.45, 2.75) is 18.4 Å². The average molecular weight is 472 g/mol. The molecule has 21 heteroatoms. The van der Waals surface area contributed by atoms with Gasteiger partial charge >= 0.3 is 114 Å². The molecule has 0 bridgehead atoms. The molecule has 0 aliphatic carbocycles. The number of carbonyl (C=O) groups is 3. The van der Waals surface area contributed by atoms with Crippen LogP contribution in [0.15, 0.2) is 0 Å². The monoisotopic (exact) mass is 472 g/mol. The smallest absolute Gasteiger partial charge is 0.870 e. The second-order valence-electron chi connectivity index (χ2n) is 3.29. The number of aliphatic carboxylic acids is 3. The quantitative estimate of drug-likeness (QED) is 0.136. The minimum absolute atomic E-state index is 0. The number of rotatable bonds is 5. The number of aliphatic hydroxyl groups is 1. The van der Waals surface area contributed by atoms with Gasteiger partial charge in [-0.25, -0.2) is 4.79 Å². The Kier molecular flexibility index (Phi) is 48.9. The van der Waals surface area contributed by atoms with Gasteiger partial charge in [-0.15, -0.1) is 12.4 Å². The van der Waals surface area contributed by atoms with Crippen molar-refractivity contribution in [3.05, 3.63) is 0 Å². The van der Waals surface area contributed by atoms with Gasteiger partial charge in [-0.3, -0.25) is 9.59 Å². The first-order valence-electron chi connectivity index (χ1n) is 4.69. The standard InChI is InChI=1S/C6H8O7.BH3O3.ClH.3Na.H3O4P.H2O/c7-3(8)1-6(13,5(11)12)2-4(9)10;2-1(3)4;;;;;1-5(2,3)4;/h13H,1-2H2,(H,7,8)(H,9,10)(H,11,12);2-4H;1H;;;;(H3,1,2,3,4);1H2/q;;;3*+1;;/p-3. The van der Waals surface area contributed by atoms with Gasteiger partial charge in [0.25, 0.3) is 0 Å². The predicted octanol–water partition coefficient (Wildman–Crippen LogP) is -14.2. The van der Waals surface area contributed by atoms with Crippen LogP contribution < -0.4 is 98.5 Å². The van der Waals surface area contributed by atoms with Crippen molar-refractivity contribution in [1.82, 2.24) is 0 Å². The van der Waals surface area contributed by atoms with E-state index in [1.807, 2.05) is 0 Å². The molecular formula is C6H14BClNa3O15P. The summed E-state index contributed by atoms with van der Waals surface area (Å²) in [6.45, 7) is 0. The van der Waals surface area contributed by atoms with Gasteiger partial charge < -0.3 is 60.2 Å². The molecule has 0 aromatic carbocycles. The van der Waals surface area contributed by atoms with Crippen LogP contribution in [-0.2, 0) is 18.9 Å². The van der Waals surface area contributed by atoms with Crippen LogP contribution in [0.4, 0.5) is 0 Å². The molecule has 0 aliphatic rings. The number of hydrogen-bond acceptors (Lipinski definition) is 11. The Morgan fingerprint density at radius 3 is 1.11 bits per heavy atom. The van der Waals surface area contributed by atoms with Crippen LogP contribution in [0.25, 0.3) is 0 Å². The molecule has 0 atom stereocenters. The second kappa shape index (κ2) is 25.7. The molecule has 0 spiro atoms. The van der Waals surface area contributed by atoms with Gasteiger partial charge in [-0.05, 0) is 0 Å². The van der Waals surface area contributed by atoms with E-state index in [4.69, 9.17) is 54.7 Å². The number of halogens is 1. The van der Waals surface area contributed by atoms with Crippen molar-refractivity contribution in [3.8, 4) is 0 Å². The van der Waals surface area contributed by atoms with Crippen LogP contribution in [0.1, 0.15) is 12.8 Å². The van der Waals surface area contributed by atoms with E-state index in [2.05, 4.69) is 0 Å². The summed E-state index contributed by atoms with van der Waals surface area (Å²) >= 11 is 0. The molecule has 9 N–H and O–H groups in total. The molecule has 0 unspecified atom stereocenters. The first-order valence-corrected chi connectivity index (χ1v) is 6.19. The molecule has 0 aliphatic heterocycles. The Bertz CT molecular complexity index is 407. The Morgan fingerprint density at radius 2 is 1.04 bits per heavy atom. The van der Waals surface area contributed by atoms with E-state index in [9.17, 15) is 14.4 Å². The number of carboxylic acids is 3. The molecule has 27 heavy (non-hydrogen) atoms. The van der Waals surface area contributed by atoms with E-state index < -0.39 is 51.5 Å². The zero-order chi connectivity index (χ0) is 18.7. The Balaban J connectivity index is -0.0000000370. The summed E-state index contributed by atoms with van der Waals surface area (Å²) in [6.07, 6.45) is -2.29. The van der Waals surface area contributed by atoms with E-state index in [-0.39, 0.29) is 107 Å². The summed E-state index contributed by atoms with van der Waals surface area (Å²) in [7, 11) is -7.31. The van der Waals surface area contributed by atoms with E-state index in [1.54, 1.807) is 0 Å². The van der Waals surface area contributed by atoms with Gasteiger partial charge in [0, 0.05) is 0 Å². The van der Waals surface area contributed by atoms with Crippen LogP contribution >= 0.6 is 20.2 Å². The molecule has 0 heterocycles. The fourth-order valence-corrected chi connectivity index (χ4v) is 0.714. The molecule has 0 saturated heterocycles. The number of phosphoric acid groups is 1. The molecule has 0 aromatic heterocycles. The van der Waals surface area contributed by atoms with Gasteiger partial charge in [0.2, 0.25) is 0 Å². The molecule has 146 valence electrons. The minimum atomic E-state index is -5.14. The molecule has 0 amide bonds. The summed E-state index contributed by atoms with van der Waals surface area (Å²) in [6, 6.07) is 0. The Hall–Kier alpha value is 1.67. The van der Waals surface area contributed by atoms with E-state index >= 15 is 0 Å². The van der Waals surface area contributed by atoms with Crippen molar-refractivity contribution in [3.63, 3.8) is 0 Å². The third kappa shape index (κ3) is 58.4. The number of hydrogen-bond donors (Lipinski definition) is 8. The third-order valence-electron chi connectivity index (χ3n) is 1.29. The maximum absolute atomic E-state index is 10.3. The summed E-state index contributed by atoms with van der Waals surface area (Å²) in [4.78, 5) is 54.8. The van der Waals surface area contributed by atoms with Crippen molar-refractivity contribution in [1.29, 1.82) is 0 Å². The van der Waals surface area contributed by atoms with E-state index in [1.165, 1.54) is 0 Å². The first-order chi connectivity index (χ1) is 9.51. The molecule has 0 fully saturated rings. The van der Waals surface area contributed by atoms with Crippen LogP contribution in [0.2, 0.25) is 0 Å². The molecular weight excluding hydrogens is 458 g/mol. The SMILES string of the molecule is Cl.O=C(O)CC(O)(CC(=O)O)C(=O)O.O=P([O-])([O-])O.OB(O)O.[Na+].[Na+].[Na+].[OH-]. The van der Waals surface area contributed by atoms with E-state index in [0.29, 0.717) is 0 Å². The maximum atomic E-state index is 10.3. The fourth-order valence-electron chi connectivity index (χ4n) is 0.714. The Morgan fingerprint density at radius 1 is 0.889 bits per heavy atom. The largest absolute Gasteiger partial charge is 1.00 e. The van der Waals surface area contributed by atoms with Crippen molar-refractivity contribution < 1.29 is 163 Å². The zero-order valence-corrected chi connectivity index (χ0v) is 22.0. The maximum Gasteiger partial charge on any atom is 1.00 e. The molecule has 0 radical (unpaired) electrons. The third-order valence-corrected chi connectivity index (χ3v) is 1.29. The zero-order valence-electron chi connectivity index (χ0n) is 14.3. The topological polar surface area (TPSA) is 306 Å². The van der Waals surface area contributed by atoms with Gasteiger partial charge in [0.05, 0.1) is 20.7 Å². The van der Waals surface area contributed by atoms with Crippen molar-refractivity contribution in [2.24, 2.45) is 0 Å². The van der Waals surface area contributed by atoms with Crippen molar-refractivity contribution in [2.75, 3.05) is 0 Å². The van der Waals surface area contributed by atoms with Gasteiger partial charge in [-0.1, -0.05) is 0 Å². The van der Waals surface area contributed by atoms with Gasteiger partial charge in [0.1, 0.15) is 0 Å². The Labute approximate surface area is 224 Å². The van der Waals surface area contributed by atoms with Crippen LogP contribution in [0.3, 0.4) is 0 Å². The average Bonchev–Trinajstić information content (AvgIpc) is 2.09. The van der Waals surface area contributed by atoms with Gasteiger partial charge in [0.15, 0.2) is 5.60 Å². The summed E-state index contributed by atoms with van der Waals surface area (Å²) in [5.74, 6) is -5.02. The van der Waals surface area contributed by atoms with Crippen LogP contribution in [0.5, 0.6) is 0 Å². The normalized spacial score (nSPS) is 8.41. The molecule has 15 nitrogen and oxygen atoms in total. The van der Waals surface area contributed by atoms with Crippen LogP contribution in [0, 0.1) is 0 Å². The molecule has 0 saturated carbocycles. The van der Waals surface area contributed by atoms with Crippen LogP contribution in [-0.4, -0.2) is 76.7 Å². The predicted molar refractivity (Wildman–Crippen MR) is 68.5 cm³/mol. The van der Waals surface area contributed by atoms with E-state index in [0.717, 1.165) is 0 Å². The minimum Gasteiger partial charge on any atom is -0.870 e. The fraction of sp³-hybridized carbons (Fsp3) is 0.500. The summed E-state index contributed by atoms with van der Waals surface area (Å²) < 4.78 is 8.66. The first kappa shape index (κ1) is 51.4. The van der Waals surface area contributed by atoms with Crippen molar-refractivity contribution >= 4 is 45.5 Å². The number of carboxylic acid groups (broad SMARTS) is 3. The summed E-state index contributed by atoms with van der Waals surface area (Å²) in [5, 5.41) is 55.3. The summed E-state index contributed by atoms with van der Waals surface area (Å²) in [5.41, 5.74) is -2.74. The molecule has 0 aromatic rings. The van der Waals surface area contributed by atoms with Gasteiger partial charge in [-0.2, -0.15) is 0 Å².